The van der Waals surface area contributed by atoms with Gasteiger partial charge in [0, 0.05) is 9.50 Å². The van der Waals surface area contributed by atoms with E-state index in [-0.39, 0.29) is 0 Å². The van der Waals surface area contributed by atoms with E-state index in [9.17, 15) is 5.11 Å². The molecule has 0 saturated carbocycles. The molecule has 0 radical (unpaired) electrons. The van der Waals surface area contributed by atoms with Crippen molar-refractivity contribution in [1.29, 1.82) is 0 Å². The van der Waals surface area contributed by atoms with Crippen molar-refractivity contribution in [2.45, 2.75) is 13.0 Å². The zero-order chi connectivity index (χ0) is 12.4. The van der Waals surface area contributed by atoms with Gasteiger partial charge in [-0.25, -0.2) is 0 Å². The second-order valence-electron chi connectivity index (χ2n) is 3.95. The second kappa shape index (κ2) is 5.21. The van der Waals surface area contributed by atoms with Gasteiger partial charge >= 0.3 is 0 Å². The van der Waals surface area contributed by atoms with Gasteiger partial charge in [0.1, 0.15) is 6.10 Å². The van der Waals surface area contributed by atoms with Crippen molar-refractivity contribution in [3.05, 3.63) is 68.7 Å². The Bertz CT molecular complexity index is 522. The Kier molecular flexibility index (Phi) is 3.87. The summed E-state index contributed by atoms with van der Waals surface area (Å²) in [6, 6.07) is 13.2. The van der Waals surface area contributed by atoms with E-state index in [1.807, 2.05) is 49.4 Å². The van der Waals surface area contributed by atoms with Crippen LogP contribution in [0.5, 0.6) is 0 Å². The predicted octanol–water partition coefficient (Wildman–Crippen LogP) is 4.49. The molecule has 0 heterocycles. The summed E-state index contributed by atoms with van der Waals surface area (Å²) in [4.78, 5) is 0. The summed E-state index contributed by atoms with van der Waals surface area (Å²) in [5.74, 6) is 0. The average Bonchev–Trinajstić information content (AvgIpc) is 2.32. The molecule has 0 aliphatic heterocycles. The molecule has 0 amide bonds. The van der Waals surface area contributed by atoms with Gasteiger partial charge in [0.25, 0.3) is 0 Å². The maximum Gasteiger partial charge on any atom is 0.104 e. The maximum atomic E-state index is 10.3. The molecular weight excluding hydrogens is 300 g/mol. The average molecular weight is 312 g/mol. The van der Waals surface area contributed by atoms with Crippen LogP contribution in [0.2, 0.25) is 5.02 Å². The van der Waals surface area contributed by atoms with Crippen molar-refractivity contribution in [2.75, 3.05) is 0 Å². The minimum absolute atomic E-state index is 0.637. The van der Waals surface area contributed by atoms with Gasteiger partial charge in [-0.05, 0) is 47.9 Å². The highest BCUT2D eigenvalue weighted by molar-refractivity contribution is 9.10. The standard InChI is InChI=1S/C14H12BrClO/c1-9-2-7-12(16)8-13(9)14(17)10-3-5-11(15)6-4-10/h2-8,14,17H,1H3. The maximum absolute atomic E-state index is 10.3. The molecule has 0 aliphatic rings. The van der Waals surface area contributed by atoms with E-state index in [1.165, 1.54) is 0 Å². The molecule has 1 unspecified atom stereocenters. The zero-order valence-corrected chi connectivity index (χ0v) is 11.7. The lowest BCUT2D eigenvalue weighted by Gasteiger charge is -2.14. The van der Waals surface area contributed by atoms with E-state index in [0.29, 0.717) is 5.02 Å². The Morgan fingerprint density at radius 2 is 1.76 bits per heavy atom. The van der Waals surface area contributed by atoms with Crippen LogP contribution in [0.15, 0.2) is 46.9 Å². The highest BCUT2D eigenvalue weighted by atomic mass is 79.9. The SMILES string of the molecule is Cc1ccc(Cl)cc1C(O)c1ccc(Br)cc1. The fraction of sp³-hybridized carbons (Fsp3) is 0.143. The van der Waals surface area contributed by atoms with Gasteiger partial charge in [0.05, 0.1) is 0 Å². The van der Waals surface area contributed by atoms with Gasteiger partial charge in [0.2, 0.25) is 0 Å². The Morgan fingerprint density at radius 3 is 2.41 bits per heavy atom. The number of hydrogen-bond donors (Lipinski definition) is 1. The summed E-state index contributed by atoms with van der Waals surface area (Å²) in [6.07, 6.45) is -0.637. The van der Waals surface area contributed by atoms with E-state index >= 15 is 0 Å². The molecule has 0 aromatic heterocycles. The van der Waals surface area contributed by atoms with E-state index < -0.39 is 6.10 Å². The van der Waals surface area contributed by atoms with Crippen LogP contribution < -0.4 is 0 Å². The number of aliphatic hydroxyl groups is 1. The first-order valence-electron chi connectivity index (χ1n) is 5.27. The third kappa shape index (κ3) is 2.89. The van der Waals surface area contributed by atoms with Crippen LogP contribution in [0.1, 0.15) is 22.8 Å². The number of halogens is 2. The number of aryl methyl sites for hydroxylation is 1. The van der Waals surface area contributed by atoms with E-state index in [0.717, 1.165) is 21.2 Å². The van der Waals surface area contributed by atoms with E-state index in [4.69, 9.17) is 11.6 Å². The van der Waals surface area contributed by atoms with Crippen molar-refractivity contribution in [3.8, 4) is 0 Å². The Hall–Kier alpha value is -0.830. The molecule has 0 bridgehead atoms. The van der Waals surface area contributed by atoms with Crippen LogP contribution in [0.3, 0.4) is 0 Å². The zero-order valence-electron chi connectivity index (χ0n) is 9.32. The van der Waals surface area contributed by atoms with Crippen LogP contribution in [0, 0.1) is 6.92 Å². The summed E-state index contributed by atoms with van der Waals surface area (Å²) in [7, 11) is 0. The molecular formula is C14H12BrClO. The van der Waals surface area contributed by atoms with Gasteiger partial charge < -0.3 is 5.11 Å². The molecule has 2 aromatic rings. The first kappa shape index (κ1) is 12.6. The summed E-state index contributed by atoms with van der Waals surface area (Å²) < 4.78 is 0.997. The Morgan fingerprint density at radius 1 is 1.12 bits per heavy atom. The molecule has 1 nitrogen and oxygen atoms in total. The van der Waals surface area contributed by atoms with Crippen LogP contribution >= 0.6 is 27.5 Å². The van der Waals surface area contributed by atoms with Crippen molar-refractivity contribution in [1.82, 2.24) is 0 Å². The minimum atomic E-state index is -0.637. The largest absolute Gasteiger partial charge is 0.384 e. The molecule has 0 spiro atoms. The molecule has 2 rings (SSSR count). The fourth-order valence-electron chi connectivity index (χ4n) is 1.73. The van der Waals surface area contributed by atoms with Gasteiger partial charge in [-0.2, -0.15) is 0 Å². The molecule has 88 valence electrons. The van der Waals surface area contributed by atoms with Crippen LogP contribution in [0.4, 0.5) is 0 Å². The quantitative estimate of drug-likeness (QED) is 0.866. The molecule has 0 saturated heterocycles. The van der Waals surface area contributed by atoms with Crippen molar-refractivity contribution in [2.24, 2.45) is 0 Å². The lowest BCUT2D eigenvalue weighted by molar-refractivity contribution is 0.219. The highest BCUT2D eigenvalue weighted by Gasteiger charge is 2.13. The summed E-state index contributed by atoms with van der Waals surface area (Å²) in [5, 5.41) is 11.0. The summed E-state index contributed by atoms with van der Waals surface area (Å²) in [6.45, 7) is 1.97. The lowest BCUT2D eigenvalue weighted by atomic mass is 9.98. The molecule has 1 atom stereocenters. The third-order valence-corrected chi connectivity index (χ3v) is 3.49. The van der Waals surface area contributed by atoms with Crippen LogP contribution in [-0.4, -0.2) is 5.11 Å². The van der Waals surface area contributed by atoms with Gasteiger partial charge in [-0.1, -0.05) is 45.7 Å². The molecule has 0 aliphatic carbocycles. The highest BCUT2D eigenvalue weighted by Crippen LogP contribution is 2.27. The van der Waals surface area contributed by atoms with Crippen LogP contribution in [-0.2, 0) is 0 Å². The van der Waals surface area contributed by atoms with Crippen molar-refractivity contribution < 1.29 is 5.11 Å². The lowest BCUT2D eigenvalue weighted by Crippen LogP contribution is -2.01. The predicted molar refractivity (Wildman–Crippen MR) is 74.4 cm³/mol. The summed E-state index contributed by atoms with van der Waals surface area (Å²) >= 11 is 9.33. The number of aliphatic hydroxyl groups excluding tert-OH is 1. The molecule has 3 heteroatoms. The number of rotatable bonds is 2. The molecule has 2 aromatic carbocycles. The van der Waals surface area contributed by atoms with Crippen molar-refractivity contribution >= 4 is 27.5 Å². The minimum Gasteiger partial charge on any atom is -0.384 e. The van der Waals surface area contributed by atoms with Crippen molar-refractivity contribution in [3.63, 3.8) is 0 Å². The smallest absolute Gasteiger partial charge is 0.104 e. The number of hydrogen-bond acceptors (Lipinski definition) is 1. The monoisotopic (exact) mass is 310 g/mol. The topological polar surface area (TPSA) is 20.2 Å². The first-order chi connectivity index (χ1) is 8.08. The number of benzene rings is 2. The van der Waals surface area contributed by atoms with Gasteiger partial charge in [0.15, 0.2) is 0 Å². The first-order valence-corrected chi connectivity index (χ1v) is 6.44. The van der Waals surface area contributed by atoms with Gasteiger partial charge in [-0.15, -0.1) is 0 Å². The second-order valence-corrected chi connectivity index (χ2v) is 5.31. The summed E-state index contributed by atoms with van der Waals surface area (Å²) in [5.41, 5.74) is 2.74. The molecule has 17 heavy (non-hydrogen) atoms. The van der Waals surface area contributed by atoms with E-state index in [2.05, 4.69) is 15.9 Å². The Labute approximate surface area is 114 Å². The Balaban J connectivity index is 2.39. The normalized spacial score (nSPS) is 12.5. The van der Waals surface area contributed by atoms with E-state index in [1.54, 1.807) is 0 Å². The fourth-order valence-corrected chi connectivity index (χ4v) is 2.18. The van der Waals surface area contributed by atoms with Gasteiger partial charge in [-0.3, -0.25) is 0 Å². The third-order valence-electron chi connectivity index (χ3n) is 2.72. The molecule has 1 N–H and O–H groups in total. The molecule has 0 fully saturated rings. The van der Waals surface area contributed by atoms with Crippen LogP contribution in [0.25, 0.3) is 0 Å².